The predicted molar refractivity (Wildman–Crippen MR) is 101 cm³/mol. The summed E-state index contributed by atoms with van der Waals surface area (Å²) in [5.41, 5.74) is 6.58. The zero-order chi connectivity index (χ0) is 19.8. The zero-order valence-corrected chi connectivity index (χ0v) is 15.7. The van der Waals surface area contributed by atoms with Crippen molar-refractivity contribution in [2.45, 2.75) is 32.0 Å². The summed E-state index contributed by atoms with van der Waals surface area (Å²) < 4.78 is 39.2. The molecule has 0 radical (unpaired) electrons. The number of halogens is 3. The van der Waals surface area contributed by atoms with Gasteiger partial charge in [0.15, 0.2) is 5.82 Å². The summed E-state index contributed by atoms with van der Waals surface area (Å²) in [6.07, 6.45) is -2.46. The average molecular weight is 379 g/mol. The van der Waals surface area contributed by atoms with Gasteiger partial charge in [-0.3, -0.25) is 0 Å². The Balaban J connectivity index is 1.99. The maximum atomic E-state index is 13.1. The largest absolute Gasteiger partial charge is 0.416 e. The lowest BCUT2D eigenvalue weighted by molar-refractivity contribution is -0.137. The molecule has 1 saturated heterocycles. The van der Waals surface area contributed by atoms with Crippen LogP contribution in [0.3, 0.4) is 0 Å². The molecule has 146 valence electrons. The summed E-state index contributed by atoms with van der Waals surface area (Å²) in [7, 11) is 4.02. The molecule has 0 spiro atoms. The van der Waals surface area contributed by atoms with Crippen molar-refractivity contribution < 1.29 is 13.2 Å². The van der Waals surface area contributed by atoms with Gasteiger partial charge in [0.1, 0.15) is 11.5 Å². The number of benzene rings is 1. The molecule has 5 nitrogen and oxygen atoms in total. The van der Waals surface area contributed by atoms with Crippen molar-refractivity contribution in [3.05, 3.63) is 35.7 Å². The molecule has 0 amide bonds. The van der Waals surface area contributed by atoms with Crippen molar-refractivity contribution in [1.29, 1.82) is 0 Å². The number of hydrogen-bond donors (Lipinski definition) is 1. The van der Waals surface area contributed by atoms with Gasteiger partial charge in [0.25, 0.3) is 0 Å². The van der Waals surface area contributed by atoms with Gasteiger partial charge in [-0.1, -0.05) is 12.1 Å². The zero-order valence-electron chi connectivity index (χ0n) is 15.7. The number of piperidine rings is 1. The van der Waals surface area contributed by atoms with Gasteiger partial charge in [-0.2, -0.15) is 13.2 Å². The van der Waals surface area contributed by atoms with E-state index in [0.717, 1.165) is 38.1 Å². The van der Waals surface area contributed by atoms with Gasteiger partial charge in [0.2, 0.25) is 0 Å². The molecule has 0 unspecified atom stereocenters. The van der Waals surface area contributed by atoms with E-state index in [1.54, 1.807) is 13.0 Å². The van der Waals surface area contributed by atoms with E-state index >= 15 is 0 Å². The number of nitrogens with two attached hydrogens (primary N) is 1. The summed E-state index contributed by atoms with van der Waals surface area (Å²) in [5.74, 6) is 1.05. The van der Waals surface area contributed by atoms with Crippen LogP contribution in [0.1, 0.15) is 24.2 Å². The van der Waals surface area contributed by atoms with Crippen molar-refractivity contribution in [3.8, 4) is 11.3 Å². The quantitative estimate of drug-likeness (QED) is 0.883. The molecular weight excluding hydrogens is 355 g/mol. The topological polar surface area (TPSA) is 58.3 Å². The number of nitrogen functional groups attached to an aromatic ring is 1. The first-order chi connectivity index (χ1) is 12.7. The molecule has 2 heterocycles. The van der Waals surface area contributed by atoms with E-state index < -0.39 is 11.7 Å². The highest BCUT2D eigenvalue weighted by atomic mass is 19.4. The summed E-state index contributed by atoms with van der Waals surface area (Å²) in [4.78, 5) is 13.1. The lowest BCUT2D eigenvalue weighted by Crippen LogP contribution is -2.42. The van der Waals surface area contributed by atoms with Crippen LogP contribution in [-0.2, 0) is 6.18 Å². The minimum atomic E-state index is -4.42. The van der Waals surface area contributed by atoms with Gasteiger partial charge in [-0.05, 0) is 52.0 Å². The Morgan fingerprint density at radius 2 is 1.85 bits per heavy atom. The van der Waals surface area contributed by atoms with E-state index in [4.69, 9.17) is 5.73 Å². The van der Waals surface area contributed by atoms with Gasteiger partial charge >= 0.3 is 6.18 Å². The van der Waals surface area contributed by atoms with Gasteiger partial charge in [-0.15, -0.1) is 0 Å². The fourth-order valence-corrected chi connectivity index (χ4v) is 3.45. The molecule has 27 heavy (non-hydrogen) atoms. The number of rotatable bonds is 3. The number of aryl methyl sites for hydroxylation is 1. The third-order valence-electron chi connectivity index (χ3n) is 5.07. The summed E-state index contributed by atoms with van der Waals surface area (Å²) in [5, 5.41) is 0. The Kier molecular flexibility index (Phi) is 5.28. The minimum absolute atomic E-state index is 0.284. The third-order valence-corrected chi connectivity index (χ3v) is 5.07. The molecule has 3 rings (SSSR count). The first kappa shape index (κ1) is 19.4. The normalized spacial score (nSPS) is 16.5. The van der Waals surface area contributed by atoms with E-state index in [0.29, 0.717) is 28.6 Å². The Bertz CT molecular complexity index is 813. The number of hydrogen-bond acceptors (Lipinski definition) is 5. The van der Waals surface area contributed by atoms with Gasteiger partial charge < -0.3 is 15.5 Å². The van der Waals surface area contributed by atoms with Crippen LogP contribution < -0.4 is 10.6 Å². The summed E-state index contributed by atoms with van der Waals surface area (Å²) >= 11 is 0. The van der Waals surface area contributed by atoms with Gasteiger partial charge in [0.05, 0.1) is 11.3 Å². The molecule has 2 N–H and O–H groups in total. The fraction of sp³-hybridized carbons (Fsp3) is 0.474. The lowest BCUT2D eigenvalue weighted by atomic mass is 10.0. The average Bonchev–Trinajstić information content (AvgIpc) is 2.63. The molecule has 1 aliphatic heterocycles. The van der Waals surface area contributed by atoms with Crippen molar-refractivity contribution in [1.82, 2.24) is 14.9 Å². The molecule has 8 heteroatoms. The molecular formula is C19H24F3N5. The van der Waals surface area contributed by atoms with Crippen LogP contribution in [0.5, 0.6) is 0 Å². The van der Waals surface area contributed by atoms with Crippen molar-refractivity contribution >= 4 is 11.5 Å². The standard InChI is InChI=1S/C19H24F3N5/c1-12-24-17(13-5-4-6-14(11-13)19(20,21)22)16(23)18(25-12)27(3)15-7-9-26(2)10-8-15/h4-6,11,15H,7-10,23H2,1-3H3. The Morgan fingerprint density at radius 3 is 2.48 bits per heavy atom. The van der Waals surface area contributed by atoms with Gasteiger partial charge in [-0.25, -0.2) is 9.97 Å². The molecule has 2 aromatic rings. The smallest absolute Gasteiger partial charge is 0.394 e. The highest BCUT2D eigenvalue weighted by molar-refractivity contribution is 5.81. The summed E-state index contributed by atoms with van der Waals surface area (Å²) in [6.45, 7) is 3.70. The second-order valence-corrected chi connectivity index (χ2v) is 7.08. The van der Waals surface area contributed by atoms with Crippen LogP contribution >= 0.6 is 0 Å². The van der Waals surface area contributed by atoms with E-state index in [-0.39, 0.29) is 6.04 Å². The van der Waals surface area contributed by atoms with Crippen LogP contribution in [0, 0.1) is 6.92 Å². The Labute approximate surface area is 157 Å². The highest BCUT2D eigenvalue weighted by Crippen LogP contribution is 2.36. The molecule has 0 aliphatic carbocycles. The number of alkyl halides is 3. The SMILES string of the molecule is Cc1nc(-c2cccc(C(F)(F)F)c2)c(N)c(N(C)C2CCN(C)CC2)n1. The lowest BCUT2D eigenvalue weighted by Gasteiger charge is -2.36. The first-order valence-corrected chi connectivity index (χ1v) is 8.90. The van der Waals surface area contributed by atoms with E-state index in [9.17, 15) is 13.2 Å². The van der Waals surface area contributed by atoms with Crippen molar-refractivity contribution in [2.75, 3.05) is 37.8 Å². The number of likely N-dealkylation sites (tertiary alicyclic amines) is 1. The predicted octanol–water partition coefficient (Wildman–Crippen LogP) is 3.58. The number of anilines is 2. The minimum Gasteiger partial charge on any atom is -0.394 e. The molecule has 1 aliphatic rings. The van der Waals surface area contributed by atoms with Crippen molar-refractivity contribution in [3.63, 3.8) is 0 Å². The molecule has 0 atom stereocenters. The Hall–Kier alpha value is -2.35. The van der Waals surface area contributed by atoms with Crippen LogP contribution in [0.2, 0.25) is 0 Å². The fourth-order valence-electron chi connectivity index (χ4n) is 3.45. The Morgan fingerprint density at radius 1 is 1.19 bits per heavy atom. The summed E-state index contributed by atoms with van der Waals surface area (Å²) in [6, 6.07) is 5.37. The number of nitrogens with zero attached hydrogens (tertiary/aromatic N) is 4. The maximum absolute atomic E-state index is 13.1. The van der Waals surface area contributed by atoms with Crippen molar-refractivity contribution in [2.24, 2.45) is 0 Å². The monoisotopic (exact) mass is 379 g/mol. The van der Waals surface area contributed by atoms with Crippen LogP contribution in [0.4, 0.5) is 24.7 Å². The maximum Gasteiger partial charge on any atom is 0.416 e. The van der Waals surface area contributed by atoms with E-state index in [1.807, 2.05) is 11.9 Å². The highest BCUT2D eigenvalue weighted by Gasteiger charge is 2.31. The second kappa shape index (κ2) is 7.34. The number of aromatic nitrogens is 2. The molecule has 1 aromatic heterocycles. The molecule has 1 aromatic carbocycles. The van der Waals surface area contributed by atoms with E-state index in [2.05, 4.69) is 21.9 Å². The third kappa shape index (κ3) is 4.16. The first-order valence-electron chi connectivity index (χ1n) is 8.90. The molecule has 1 fully saturated rings. The van der Waals surface area contributed by atoms with Crippen LogP contribution in [0.25, 0.3) is 11.3 Å². The van der Waals surface area contributed by atoms with Gasteiger partial charge in [0, 0.05) is 18.7 Å². The van der Waals surface area contributed by atoms with Crippen LogP contribution in [-0.4, -0.2) is 48.1 Å². The van der Waals surface area contributed by atoms with Crippen LogP contribution in [0.15, 0.2) is 24.3 Å². The molecule has 0 saturated carbocycles. The second-order valence-electron chi connectivity index (χ2n) is 7.08. The van der Waals surface area contributed by atoms with E-state index in [1.165, 1.54) is 6.07 Å². The molecule has 0 bridgehead atoms.